The molecule has 1 N–H and O–H groups in total. The molecule has 0 aliphatic heterocycles. The zero-order valence-corrected chi connectivity index (χ0v) is 9.37. The Bertz CT molecular complexity index is 248. The number of benzene rings is 1. The molecule has 0 atom stereocenters. The Morgan fingerprint density at radius 3 is 2.64 bits per heavy atom. The van der Waals surface area contributed by atoms with E-state index < -0.39 is 0 Å². The quantitative estimate of drug-likeness (QED) is 0.877. The van der Waals surface area contributed by atoms with Crippen molar-refractivity contribution in [1.29, 1.82) is 0 Å². The summed E-state index contributed by atoms with van der Waals surface area (Å²) in [4.78, 5) is 0. The maximum Gasteiger partial charge on any atom is 0.0231 e. The molecule has 0 aliphatic carbocycles. The molecule has 60 valence electrons. The van der Waals surface area contributed by atoms with Crippen molar-refractivity contribution in [2.24, 2.45) is 0 Å². The van der Waals surface area contributed by atoms with Crippen molar-refractivity contribution < 1.29 is 0 Å². The van der Waals surface area contributed by atoms with E-state index in [1.807, 2.05) is 19.2 Å². The molecule has 1 aromatic rings. The fourth-order valence-electron chi connectivity index (χ4n) is 0.855. The molecule has 0 saturated heterocycles. The van der Waals surface area contributed by atoms with Gasteiger partial charge in [-0.15, -0.1) is 0 Å². The van der Waals surface area contributed by atoms with E-state index in [0.717, 1.165) is 15.5 Å². The van der Waals surface area contributed by atoms with E-state index in [4.69, 9.17) is 0 Å². The van der Waals surface area contributed by atoms with Crippen LogP contribution in [-0.4, -0.2) is 7.05 Å². The summed E-state index contributed by atoms with van der Waals surface area (Å²) in [6, 6.07) is 6.18. The van der Waals surface area contributed by atoms with Crippen molar-refractivity contribution >= 4 is 31.9 Å². The van der Waals surface area contributed by atoms with Crippen LogP contribution in [-0.2, 0) is 6.54 Å². The van der Waals surface area contributed by atoms with Gasteiger partial charge in [0.15, 0.2) is 0 Å². The van der Waals surface area contributed by atoms with E-state index in [-0.39, 0.29) is 0 Å². The third-order valence-corrected chi connectivity index (χ3v) is 2.61. The molecule has 0 saturated carbocycles. The minimum Gasteiger partial charge on any atom is -0.316 e. The third-order valence-electron chi connectivity index (χ3n) is 1.38. The van der Waals surface area contributed by atoms with Crippen LogP contribution in [0.15, 0.2) is 27.1 Å². The topological polar surface area (TPSA) is 12.0 Å². The van der Waals surface area contributed by atoms with E-state index in [1.54, 1.807) is 0 Å². The Labute approximate surface area is 83.4 Å². The van der Waals surface area contributed by atoms with Gasteiger partial charge in [-0.3, -0.25) is 0 Å². The van der Waals surface area contributed by atoms with Gasteiger partial charge in [0.25, 0.3) is 0 Å². The highest BCUT2D eigenvalue weighted by atomic mass is 79.9. The summed E-state index contributed by atoms with van der Waals surface area (Å²) in [5, 5.41) is 3.10. The maximum absolute atomic E-state index is 3.48. The summed E-state index contributed by atoms with van der Waals surface area (Å²) >= 11 is 6.88. The summed E-state index contributed by atoms with van der Waals surface area (Å²) in [5.41, 5.74) is 1.27. The van der Waals surface area contributed by atoms with Crippen LogP contribution in [0, 0.1) is 0 Å². The molecule has 1 aromatic carbocycles. The molecule has 0 amide bonds. The molecule has 3 heteroatoms. The van der Waals surface area contributed by atoms with Gasteiger partial charge < -0.3 is 5.32 Å². The summed E-state index contributed by atoms with van der Waals surface area (Å²) in [5.74, 6) is 0. The summed E-state index contributed by atoms with van der Waals surface area (Å²) in [7, 11) is 1.94. The zero-order valence-electron chi connectivity index (χ0n) is 6.20. The minimum atomic E-state index is 0.897. The van der Waals surface area contributed by atoms with E-state index >= 15 is 0 Å². The molecule has 0 heterocycles. The van der Waals surface area contributed by atoms with Crippen molar-refractivity contribution in [1.82, 2.24) is 5.32 Å². The number of rotatable bonds is 2. The third kappa shape index (κ3) is 2.58. The largest absolute Gasteiger partial charge is 0.316 e. The predicted octanol–water partition coefficient (Wildman–Crippen LogP) is 2.93. The second-order valence-corrected chi connectivity index (χ2v) is 4.04. The number of halogens is 2. The number of hydrogen-bond donors (Lipinski definition) is 1. The first-order valence-electron chi connectivity index (χ1n) is 3.32. The second kappa shape index (κ2) is 4.24. The van der Waals surface area contributed by atoms with Crippen molar-refractivity contribution in [3.8, 4) is 0 Å². The monoisotopic (exact) mass is 277 g/mol. The maximum atomic E-state index is 3.48. The molecular weight excluding hydrogens is 270 g/mol. The van der Waals surface area contributed by atoms with Gasteiger partial charge in [-0.25, -0.2) is 0 Å². The fourth-order valence-corrected chi connectivity index (χ4v) is 2.04. The van der Waals surface area contributed by atoms with Crippen LogP contribution in [0.5, 0.6) is 0 Å². The van der Waals surface area contributed by atoms with Crippen LogP contribution in [0.3, 0.4) is 0 Å². The smallest absolute Gasteiger partial charge is 0.0231 e. The highest BCUT2D eigenvalue weighted by Gasteiger charge is 1.97. The average Bonchev–Trinajstić information content (AvgIpc) is 1.95. The molecular formula is C8H9Br2N. The normalized spacial score (nSPS) is 10.1. The first-order chi connectivity index (χ1) is 5.24. The van der Waals surface area contributed by atoms with Gasteiger partial charge in [-0.1, -0.05) is 37.9 Å². The Morgan fingerprint density at radius 1 is 1.36 bits per heavy atom. The molecule has 0 fully saturated rings. The first kappa shape index (κ1) is 9.23. The predicted molar refractivity (Wildman–Crippen MR) is 54.6 cm³/mol. The lowest BCUT2D eigenvalue weighted by atomic mass is 10.2. The van der Waals surface area contributed by atoms with Gasteiger partial charge >= 0.3 is 0 Å². The van der Waals surface area contributed by atoms with Crippen LogP contribution in [0.2, 0.25) is 0 Å². The molecule has 0 aromatic heterocycles. The summed E-state index contributed by atoms with van der Waals surface area (Å²) in [6.07, 6.45) is 0. The lowest BCUT2D eigenvalue weighted by molar-refractivity contribution is 0.814. The standard InChI is InChI=1S/C8H9Br2N/c1-11-5-6-2-3-7(9)4-8(6)10/h2-4,11H,5H2,1H3. The molecule has 1 rings (SSSR count). The van der Waals surface area contributed by atoms with Gasteiger partial charge in [-0.2, -0.15) is 0 Å². The van der Waals surface area contributed by atoms with Gasteiger partial charge in [0.1, 0.15) is 0 Å². The first-order valence-corrected chi connectivity index (χ1v) is 4.91. The summed E-state index contributed by atoms with van der Waals surface area (Å²) in [6.45, 7) is 0.897. The molecule has 0 bridgehead atoms. The summed E-state index contributed by atoms with van der Waals surface area (Å²) < 4.78 is 2.24. The number of hydrogen-bond acceptors (Lipinski definition) is 1. The zero-order chi connectivity index (χ0) is 8.27. The molecule has 0 aliphatic rings. The second-order valence-electron chi connectivity index (χ2n) is 2.27. The lowest BCUT2D eigenvalue weighted by Gasteiger charge is -2.02. The molecule has 0 radical (unpaired) electrons. The van der Waals surface area contributed by atoms with E-state index in [1.165, 1.54) is 5.56 Å². The Morgan fingerprint density at radius 2 is 2.09 bits per heavy atom. The van der Waals surface area contributed by atoms with Crippen molar-refractivity contribution in [3.05, 3.63) is 32.7 Å². The lowest BCUT2D eigenvalue weighted by Crippen LogP contribution is -2.05. The van der Waals surface area contributed by atoms with Gasteiger partial charge in [0, 0.05) is 15.5 Å². The minimum absolute atomic E-state index is 0.897. The molecule has 11 heavy (non-hydrogen) atoms. The Kier molecular flexibility index (Phi) is 3.55. The van der Waals surface area contributed by atoms with Gasteiger partial charge in [0.05, 0.1) is 0 Å². The van der Waals surface area contributed by atoms with Gasteiger partial charge in [-0.05, 0) is 24.7 Å². The highest BCUT2D eigenvalue weighted by Crippen LogP contribution is 2.21. The fraction of sp³-hybridized carbons (Fsp3) is 0.250. The van der Waals surface area contributed by atoms with Crippen LogP contribution in [0.25, 0.3) is 0 Å². The number of nitrogens with one attached hydrogen (secondary N) is 1. The van der Waals surface area contributed by atoms with Crippen LogP contribution in [0.1, 0.15) is 5.56 Å². The van der Waals surface area contributed by atoms with Crippen LogP contribution < -0.4 is 5.32 Å². The van der Waals surface area contributed by atoms with E-state index in [2.05, 4.69) is 43.2 Å². The van der Waals surface area contributed by atoms with Gasteiger partial charge in [0.2, 0.25) is 0 Å². The van der Waals surface area contributed by atoms with Crippen molar-refractivity contribution in [2.75, 3.05) is 7.05 Å². The van der Waals surface area contributed by atoms with E-state index in [9.17, 15) is 0 Å². The average molecular weight is 279 g/mol. The van der Waals surface area contributed by atoms with Crippen LogP contribution in [0.4, 0.5) is 0 Å². The molecule has 0 spiro atoms. The van der Waals surface area contributed by atoms with E-state index in [0.29, 0.717) is 0 Å². The highest BCUT2D eigenvalue weighted by molar-refractivity contribution is 9.11. The van der Waals surface area contributed by atoms with Crippen molar-refractivity contribution in [2.45, 2.75) is 6.54 Å². The SMILES string of the molecule is CNCc1ccc(Br)cc1Br. The van der Waals surface area contributed by atoms with Crippen molar-refractivity contribution in [3.63, 3.8) is 0 Å². The Hall–Kier alpha value is 0.140. The Balaban J connectivity index is 2.90. The molecule has 0 unspecified atom stereocenters. The molecule has 1 nitrogen and oxygen atoms in total. The van der Waals surface area contributed by atoms with Crippen LogP contribution >= 0.6 is 31.9 Å².